The van der Waals surface area contributed by atoms with Gasteiger partial charge in [-0.1, -0.05) is 0 Å². The summed E-state index contributed by atoms with van der Waals surface area (Å²) in [5.74, 6) is 1.47. The highest BCUT2D eigenvalue weighted by atomic mass is 32.1. The quantitative estimate of drug-likeness (QED) is 0.466. The molecule has 3 N–H and O–H groups in total. The van der Waals surface area contributed by atoms with Gasteiger partial charge in [0.1, 0.15) is 11.5 Å². The predicted molar refractivity (Wildman–Crippen MR) is 76.3 cm³/mol. The Morgan fingerprint density at radius 3 is 2.72 bits per heavy atom. The van der Waals surface area contributed by atoms with Gasteiger partial charge in [-0.3, -0.25) is 5.43 Å². The van der Waals surface area contributed by atoms with Crippen molar-refractivity contribution in [2.45, 2.75) is 13.8 Å². The van der Waals surface area contributed by atoms with Crippen LogP contribution in [-0.4, -0.2) is 24.5 Å². The molecule has 98 valence electrons. The van der Waals surface area contributed by atoms with Crippen molar-refractivity contribution >= 4 is 23.5 Å². The van der Waals surface area contributed by atoms with E-state index in [4.69, 9.17) is 15.2 Å². The molecule has 1 aromatic rings. The molecule has 1 rings (SSSR count). The van der Waals surface area contributed by atoms with Crippen LogP contribution in [0.4, 0.5) is 0 Å². The third-order valence-corrected chi connectivity index (χ3v) is 2.07. The molecule has 0 saturated carbocycles. The monoisotopic (exact) mass is 267 g/mol. The summed E-state index contributed by atoms with van der Waals surface area (Å²) in [7, 11) is 0. The Balaban J connectivity index is 2.88. The maximum atomic E-state index is 5.52. The van der Waals surface area contributed by atoms with E-state index in [2.05, 4.69) is 22.7 Å². The summed E-state index contributed by atoms with van der Waals surface area (Å²) in [4.78, 5) is 0. The number of nitrogens with one attached hydrogen (secondary N) is 1. The number of benzene rings is 1. The van der Waals surface area contributed by atoms with Gasteiger partial charge < -0.3 is 15.2 Å². The molecule has 0 fully saturated rings. The highest BCUT2D eigenvalue weighted by Crippen LogP contribution is 2.23. The van der Waals surface area contributed by atoms with E-state index in [0.29, 0.717) is 19.0 Å². The van der Waals surface area contributed by atoms with Crippen molar-refractivity contribution in [3.05, 3.63) is 23.8 Å². The van der Waals surface area contributed by atoms with E-state index in [9.17, 15) is 0 Å². The molecule has 18 heavy (non-hydrogen) atoms. The molecule has 0 unspecified atom stereocenters. The Kier molecular flexibility index (Phi) is 5.93. The van der Waals surface area contributed by atoms with Crippen molar-refractivity contribution < 1.29 is 9.47 Å². The summed E-state index contributed by atoms with van der Waals surface area (Å²) in [5.41, 5.74) is 8.59. The van der Waals surface area contributed by atoms with Crippen LogP contribution >= 0.6 is 12.2 Å². The number of hydrogen-bond donors (Lipinski definition) is 2. The van der Waals surface area contributed by atoms with Crippen molar-refractivity contribution in [3.8, 4) is 11.5 Å². The first-order valence-electron chi connectivity index (χ1n) is 5.65. The molecule has 0 radical (unpaired) electrons. The minimum Gasteiger partial charge on any atom is -0.494 e. The van der Waals surface area contributed by atoms with Gasteiger partial charge in [-0.2, -0.15) is 5.10 Å². The molecule has 0 heterocycles. The van der Waals surface area contributed by atoms with Crippen LogP contribution in [0.5, 0.6) is 11.5 Å². The second-order valence-electron chi connectivity index (χ2n) is 3.30. The Morgan fingerprint density at radius 1 is 1.39 bits per heavy atom. The summed E-state index contributed by atoms with van der Waals surface area (Å²) in [5, 5.41) is 4.02. The molecule has 0 amide bonds. The number of hydrogen-bond acceptors (Lipinski definition) is 4. The summed E-state index contributed by atoms with van der Waals surface area (Å²) in [6.45, 7) is 5.03. The Bertz CT molecular complexity index is 435. The van der Waals surface area contributed by atoms with Gasteiger partial charge in [0.05, 0.1) is 19.4 Å². The standard InChI is InChI=1S/C12H17N3O2S/c1-3-16-10-6-5-9(8-14-15-12(13)18)11(7-10)17-4-2/h5-8H,3-4H2,1-2H3,(H3,13,15,18). The largest absolute Gasteiger partial charge is 0.494 e. The van der Waals surface area contributed by atoms with E-state index in [1.807, 2.05) is 32.0 Å². The average molecular weight is 267 g/mol. The zero-order chi connectivity index (χ0) is 13.4. The normalized spacial score (nSPS) is 10.3. The minimum absolute atomic E-state index is 0.121. The summed E-state index contributed by atoms with van der Waals surface area (Å²) < 4.78 is 10.9. The maximum absolute atomic E-state index is 5.52. The van der Waals surface area contributed by atoms with Crippen molar-refractivity contribution in [2.75, 3.05) is 13.2 Å². The number of nitrogens with two attached hydrogens (primary N) is 1. The van der Waals surface area contributed by atoms with Crippen LogP contribution in [0.15, 0.2) is 23.3 Å². The Morgan fingerprint density at radius 2 is 2.11 bits per heavy atom. The van der Waals surface area contributed by atoms with Crippen LogP contribution in [0.3, 0.4) is 0 Å². The molecule has 1 aromatic carbocycles. The van der Waals surface area contributed by atoms with Crippen LogP contribution in [0.2, 0.25) is 0 Å². The summed E-state index contributed by atoms with van der Waals surface area (Å²) in [6.07, 6.45) is 1.60. The van der Waals surface area contributed by atoms with Crippen molar-refractivity contribution in [2.24, 2.45) is 10.8 Å². The van der Waals surface area contributed by atoms with Crippen LogP contribution in [0.25, 0.3) is 0 Å². The molecule has 0 aliphatic carbocycles. The fourth-order valence-corrected chi connectivity index (χ4v) is 1.38. The SMILES string of the molecule is CCOc1ccc(C=NNC(N)=S)c(OCC)c1. The number of ether oxygens (including phenoxy) is 2. The van der Waals surface area contributed by atoms with Crippen LogP contribution in [0.1, 0.15) is 19.4 Å². The molecule has 5 nitrogen and oxygen atoms in total. The lowest BCUT2D eigenvalue weighted by molar-refractivity contribution is 0.323. The molecule has 0 spiro atoms. The molecule has 0 saturated heterocycles. The van der Waals surface area contributed by atoms with E-state index < -0.39 is 0 Å². The van der Waals surface area contributed by atoms with Gasteiger partial charge in [-0.15, -0.1) is 0 Å². The Hall–Kier alpha value is -1.82. The van der Waals surface area contributed by atoms with Gasteiger partial charge in [0.25, 0.3) is 0 Å². The van der Waals surface area contributed by atoms with Gasteiger partial charge in [0.2, 0.25) is 0 Å². The summed E-state index contributed by atoms with van der Waals surface area (Å²) in [6, 6.07) is 5.55. The number of rotatable bonds is 6. The van der Waals surface area contributed by atoms with Gasteiger partial charge in [-0.25, -0.2) is 0 Å². The van der Waals surface area contributed by atoms with Crippen molar-refractivity contribution in [1.82, 2.24) is 5.43 Å². The molecule has 0 aromatic heterocycles. The van der Waals surface area contributed by atoms with Crippen molar-refractivity contribution in [1.29, 1.82) is 0 Å². The number of thiocarbonyl (C=S) groups is 1. The van der Waals surface area contributed by atoms with Gasteiger partial charge in [0, 0.05) is 11.6 Å². The van der Waals surface area contributed by atoms with E-state index in [1.165, 1.54) is 0 Å². The molecule has 6 heteroatoms. The van der Waals surface area contributed by atoms with Gasteiger partial charge in [0.15, 0.2) is 5.11 Å². The topological polar surface area (TPSA) is 68.9 Å². The maximum Gasteiger partial charge on any atom is 0.184 e. The lowest BCUT2D eigenvalue weighted by atomic mass is 10.2. The highest BCUT2D eigenvalue weighted by molar-refractivity contribution is 7.80. The summed E-state index contributed by atoms with van der Waals surface area (Å²) >= 11 is 4.65. The van der Waals surface area contributed by atoms with Crippen molar-refractivity contribution in [3.63, 3.8) is 0 Å². The first-order chi connectivity index (χ1) is 8.67. The highest BCUT2D eigenvalue weighted by Gasteiger charge is 2.03. The predicted octanol–water partition coefficient (Wildman–Crippen LogP) is 1.65. The third-order valence-electron chi connectivity index (χ3n) is 1.97. The smallest absolute Gasteiger partial charge is 0.184 e. The second-order valence-corrected chi connectivity index (χ2v) is 3.74. The van der Waals surface area contributed by atoms with E-state index in [0.717, 1.165) is 11.3 Å². The molecule has 0 aliphatic heterocycles. The van der Waals surface area contributed by atoms with Crippen LogP contribution < -0.4 is 20.6 Å². The first kappa shape index (κ1) is 14.2. The molecule has 0 atom stereocenters. The lowest BCUT2D eigenvalue weighted by Gasteiger charge is -2.09. The molecular weight excluding hydrogens is 250 g/mol. The van der Waals surface area contributed by atoms with E-state index in [-0.39, 0.29) is 5.11 Å². The number of hydrazone groups is 1. The molecule has 0 aliphatic rings. The van der Waals surface area contributed by atoms with Crippen LogP contribution in [-0.2, 0) is 0 Å². The lowest BCUT2D eigenvalue weighted by Crippen LogP contribution is -2.24. The van der Waals surface area contributed by atoms with Gasteiger partial charge >= 0.3 is 0 Å². The second kappa shape index (κ2) is 7.50. The number of nitrogens with zero attached hydrogens (tertiary/aromatic N) is 1. The Labute approximate surface area is 112 Å². The fraction of sp³-hybridized carbons (Fsp3) is 0.333. The van der Waals surface area contributed by atoms with E-state index >= 15 is 0 Å². The fourth-order valence-electron chi connectivity index (χ4n) is 1.32. The zero-order valence-corrected chi connectivity index (χ0v) is 11.3. The van der Waals surface area contributed by atoms with E-state index in [1.54, 1.807) is 6.21 Å². The first-order valence-corrected chi connectivity index (χ1v) is 6.06. The molecular formula is C12H17N3O2S. The third kappa shape index (κ3) is 4.58. The van der Waals surface area contributed by atoms with Crippen LogP contribution in [0, 0.1) is 0 Å². The average Bonchev–Trinajstić information content (AvgIpc) is 2.32. The zero-order valence-electron chi connectivity index (χ0n) is 10.5. The molecule has 0 bridgehead atoms. The minimum atomic E-state index is 0.121. The van der Waals surface area contributed by atoms with Gasteiger partial charge in [-0.05, 0) is 38.2 Å².